The molecule has 2 N–H and O–H groups in total. The van der Waals surface area contributed by atoms with Gasteiger partial charge in [-0.05, 0) is 30.4 Å². The third-order valence-electron chi connectivity index (χ3n) is 3.98. The van der Waals surface area contributed by atoms with Gasteiger partial charge in [0.2, 0.25) is 5.91 Å². The van der Waals surface area contributed by atoms with Crippen molar-refractivity contribution in [1.82, 2.24) is 15.3 Å². The topological polar surface area (TPSA) is 66.9 Å². The van der Waals surface area contributed by atoms with E-state index in [2.05, 4.69) is 32.7 Å². The van der Waals surface area contributed by atoms with Crippen molar-refractivity contribution < 1.29 is 4.79 Å². The highest BCUT2D eigenvalue weighted by Gasteiger charge is 2.25. The molecule has 0 saturated carbocycles. The molecule has 1 heterocycles. The minimum atomic E-state index is -0.0125. The first-order valence-corrected chi connectivity index (χ1v) is 7.70. The standard InChI is InChI=1S/C17H20N4O/c22-17(21-11-10-20-16-12-18-8-9-19-16)15-7-3-5-13-4-1-2-6-14(13)15/h1-2,4,6,8-9,12,15H,3,5,7,10-11H2,(H,19,20)(H,21,22). The normalized spacial score (nSPS) is 16.6. The van der Waals surface area contributed by atoms with Gasteiger partial charge in [0.15, 0.2) is 0 Å². The molecule has 5 nitrogen and oxygen atoms in total. The van der Waals surface area contributed by atoms with E-state index in [4.69, 9.17) is 0 Å². The molecule has 1 aromatic carbocycles. The first-order valence-electron chi connectivity index (χ1n) is 7.70. The van der Waals surface area contributed by atoms with E-state index in [1.54, 1.807) is 18.6 Å². The zero-order valence-corrected chi connectivity index (χ0v) is 12.5. The van der Waals surface area contributed by atoms with Crippen molar-refractivity contribution in [2.24, 2.45) is 0 Å². The highest BCUT2D eigenvalue weighted by Crippen LogP contribution is 2.31. The van der Waals surface area contributed by atoms with Crippen LogP contribution in [0.1, 0.15) is 29.9 Å². The smallest absolute Gasteiger partial charge is 0.227 e. The van der Waals surface area contributed by atoms with Crippen LogP contribution in [0.5, 0.6) is 0 Å². The molecular weight excluding hydrogens is 276 g/mol. The predicted octanol–water partition coefficient (Wildman–Crippen LogP) is 2.12. The summed E-state index contributed by atoms with van der Waals surface area (Å²) in [5, 5.41) is 6.15. The van der Waals surface area contributed by atoms with Crippen LogP contribution in [-0.2, 0) is 11.2 Å². The highest BCUT2D eigenvalue weighted by atomic mass is 16.1. The molecule has 0 bridgehead atoms. The summed E-state index contributed by atoms with van der Waals surface area (Å²) in [7, 11) is 0. The molecule has 0 spiro atoms. The van der Waals surface area contributed by atoms with Gasteiger partial charge in [-0.1, -0.05) is 24.3 Å². The third-order valence-corrected chi connectivity index (χ3v) is 3.98. The van der Waals surface area contributed by atoms with Crippen molar-refractivity contribution in [2.75, 3.05) is 18.4 Å². The van der Waals surface area contributed by atoms with Crippen LogP contribution >= 0.6 is 0 Å². The average molecular weight is 296 g/mol. The Morgan fingerprint density at radius 3 is 3.00 bits per heavy atom. The molecule has 0 radical (unpaired) electrons. The van der Waals surface area contributed by atoms with E-state index in [9.17, 15) is 4.79 Å². The van der Waals surface area contributed by atoms with Crippen LogP contribution in [0.25, 0.3) is 0 Å². The number of hydrogen-bond acceptors (Lipinski definition) is 4. The minimum Gasteiger partial charge on any atom is -0.367 e. The second-order valence-corrected chi connectivity index (χ2v) is 5.45. The van der Waals surface area contributed by atoms with Crippen molar-refractivity contribution in [2.45, 2.75) is 25.2 Å². The Hall–Kier alpha value is -2.43. The lowest BCUT2D eigenvalue weighted by molar-refractivity contribution is -0.122. The summed E-state index contributed by atoms with van der Waals surface area (Å²) in [5.41, 5.74) is 2.50. The molecule has 1 aromatic heterocycles. The molecule has 5 heteroatoms. The number of aromatic nitrogens is 2. The molecule has 3 rings (SSSR count). The molecule has 22 heavy (non-hydrogen) atoms. The van der Waals surface area contributed by atoms with Gasteiger partial charge in [0.05, 0.1) is 12.1 Å². The van der Waals surface area contributed by atoms with Crippen LogP contribution in [0.15, 0.2) is 42.9 Å². The Bertz CT molecular complexity index is 630. The number of benzene rings is 1. The van der Waals surface area contributed by atoms with E-state index in [1.807, 2.05) is 12.1 Å². The van der Waals surface area contributed by atoms with Crippen molar-refractivity contribution in [3.05, 3.63) is 54.0 Å². The number of rotatable bonds is 5. The summed E-state index contributed by atoms with van der Waals surface area (Å²) in [4.78, 5) is 20.5. The Morgan fingerprint density at radius 2 is 2.14 bits per heavy atom. The first-order chi connectivity index (χ1) is 10.8. The summed E-state index contributed by atoms with van der Waals surface area (Å²) in [5.74, 6) is 0.828. The van der Waals surface area contributed by atoms with Crippen LogP contribution in [0.4, 0.5) is 5.82 Å². The van der Waals surface area contributed by atoms with Crippen LogP contribution in [0, 0.1) is 0 Å². The number of anilines is 1. The first kappa shape index (κ1) is 14.5. The molecule has 114 valence electrons. The predicted molar refractivity (Wildman–Crippen MR) is 85.7 cm³/mol. The molecule has 1 aliphatic carbocycles. The van der Waals surface area contributed by atoms with Gasteiger partial charge in [-0.25, -0.2) is 4.98 Å². The average Bonchev–Trinajstić information content (AvgIpc) is 2.59. The Kier molecular flexibility index (Phi) is 4.63. The lowest BCUT2D eigenvalue weighted by atomic mass is 9.82. The maximum absolute atomic E-state index is 12.4. The summed E-state index contributed by atoms with van der Waals surface area (Å²) in [6, 6.07) is 8.27. The SMILES string of the molecule is O=C(NCCNc1cnccn1)C1CCCc2ccccc21. The Balaban J connectivity index is 1.51. The van der Waals surface area contributed by atoms with Gasteiger partial charge < -0.3 is 10.6 Å². The van der Waals surface area contributed by atoms with Crippen molar-refractivity contribution in [3.8, 4) is 0 Å². The number of amides is 1. The Morgan fingerprint density at radius 1 is 1.23 bits per heavy atom. The van der Waals surface area contributed by atoms with Gasteiger partial charge in [-0.3, -0.25) is 9.78 Å². The van der Waals surface area contributed by atoms with Crippen molar-refractivity contribution in [1.29, 1.82) is 0 Å². The highest BCUT2D eigenvalue weighted by molar-refractivity contribution is 5.84. The van der Waals surface area contributed by atoms with E-state index in [1.165, 1.54) is 11.1 Å². The number of nitrogens with one attached hydrogen (secondary N) is 2. The number of hydrogen-bond donors (Lipinski definition) is 2. The molecule has 2 aromatic rings. The lowest BCUT2D eigenvalue weighted by Gasteiger charge is -2.24. The molecule has 0 aliphatic heterocycles. The van der Waals surface area contributed by atoms with Gasteiger partial charge in [-0.2, -0.15) is 0 Å². The molecule has 1 amide bonds. The summed E-state index contributed by atoms with van der Waals surface area (Å²) < 4.78 is 0. The summed E-state index contributed by atoms with van der Waals surface area (Å²) >= 11 is 0. The molecule has 1 unspecified atom stereocenters. The lowest BCUT2D eigenvalue weighted by Crippen LogP contribution is -2.34. The Labute approximate surface area is 130 Å². The fraction of sp³-hybridized carbons (Fsp3) is 0.353. The van der Waals surface area contributed by atoms with Crippen LogP contribution in [0.3, 0.4) is 0 Å². The van der Waals surface area contributed by atoms with E-state index in [0.717, 1.165) is 25.1 Å². The molecule has 1 atom stereocenters. The van der Waals surface area contributed by atoms with Crippen LogP contribution in [0.2, 0.25) is 0 Å². The van der Waals surface area contributed by atoms with E-state index in [0.29, 0.717) is 13.1 Å². The van der Waals surface area contributed by atoms with E-state index >= 15 is 0 Å². The third kappa shape index (κ3) is 3.42. The summed E-state index contributed by atoms with van der Waals surface area (Å²) in [6.45, 7) is 1.22. The van der Waals surface area contributed by atoms with Gasteiger partial charge in [0.25, 0.3) is 0 Å². The molecule has 0 fully saturated rings. The van der Waals surface area contributed by atoms with Crippen molar-refractivity contribution in [3.63, 3.8) is 0 Å². The molecular formula is C17H20N4O. The van der Waals surface area contributed by atoms with Crippen molar-refractivity contribution >= 4 is 11.7 Å². The zero-order chi connectivity index (χ0) is 15.2. The van der Waals surface area contributed by atoms with Gasteiger partial charge in [0, 0.05) is 25.5 Å². The second-order valence-electron chi connectivity index (χ2n) is 5.45. The number of fused-ring (bicyclic) bond motifs is 1. The molecule has 1 aliphatic rings. The van der Waals surface area contributed by atoms with Gasteiger partial charge in [0.1, 0.15) is 5.82 Å². The minimum absolute atomic E-state index is 0.0125. The van der Waals surface area contributed by atoms with Crippen LogP contribution < -0.4 is 10.6 Å². The second kappa shape index (κ2) is 7.02. The van der Waals surface area contributed by atoms with Gasteiger partial charge in [-0.15, -0.1) is 0 Å². The fourth-order valence-corrected chi connectivity index (χ4v) is 2.92. The number of nitrogens with zero attached hydrogens (tertiary/aromatic N) is 2. The van der Waals surface area contributed by atoms with E-state index in [-0.39, 0.29) is 11.8 Å². The maximum atomic E-state index is 12.4. The van der Waals surface area contributed by atoms with Gasteiger partial charge >= 0.3 is 0 Å². The molecule has 0 saturated heterocycles. The number of carbonyl (C=O) groups excluding carboxylic acids is 1. The quantitative estimate of drug-likeness (QED) is 0.829. The summed E-state index contributed by atoms with van der Waals surface area (Å²) in [6.07, 6.45) is 8.02. The van der Waals surface area contributed by atoms with E-state index < -0.39 is 0 Å². The number of carbonyl (C=O) groups is 1. The zero-order valence-electron chi connectivity index (χ0n) is 12.5. The van der Waals surface area contributed by atoms with Crippen LogP contribution in [-0.4, -0.2) is 29.0 Å². The fourth-order valence-electron chi connectivity index (χ4n) is 2.92. The number of aryl methyl sites for hydroxylation is 1. The monoisotopic (exact) mass is 296 g/mol. The largest absolute Gasteiger partial charge is 0.367 e. The maximum Gasteiger partial charge on any atom is 0.227 e.